The zero-order chi connectivity index (χ0) is 43.1. The Labute approximate surface area is 375 Å². The highest BCUT2D eigenvalue weighted by molar-refractivity contribution is 6.19. The van der Waals surface area contributed by atoms with Crippen LogP contribution in [-0.2, 0) is 0 Å². The van der Waals surface area contributed by atoms with Crippen molar-refractivity contribution in [2.75, 3.05) is 0 Å². The molecule has 0 aliphatic carbocycles. The van der Waals surface area contributed by atoms with E-state index in [-0.39, 0.29) is 0 Å². The Hall–Kier alpha value is -8.87. The van der Waals surface area contributed by atoms with Crippen molar-refractivity contribution in [3.8, 4) is 90.3 Å². The smallest absolute Gasteiger partial charge is 0.164 e. The molecule has 9 aromatic carbocycles. The van der Waals surface area contributed by atoms with Crippen molar-refractivity contribution in [2.24, 2.45) is 0 Å². The molecule has 3 aromatic heterocycles. The molecule has 12 aromatic rings. The van der Waals surface area contributed by atoms with Crippen LogP contribution >= 0.6 is 0 Å². The van der Waals surface area contributed by atoms with Crippen molar-refractivity contribution in [2.45, 2.75) is 0 Å². The molecule has 3 heterocycles. The van der Waals surface area contributed by atoms with Gasteiger partial charge in [0, 0.05) is 44.2 Å². The lowest BCUT2D eigenvalue weighted by molar-refractivity contribution is 0.669. The number of hydrogen-bond acceptors (Lipinski definition) is 6. The van der Waals surface area contributed by atoms with Crippen LogP contribution in [0.3, 0.4) is 0 Å². The predicted molar refractivity (Wildman–Crippen MR) is 264 cm³/mol. The van der Waals surface area contributed by atoms with E-state index in [2.05, 4.69) is 152 Å². The summed E-state index contributed by atoms with van der Waals surface area (Å²) in [5, 5.41) is 4.41. The van der Waals surface area contributed by atoms with Crippen LogP contribution < -0.4 is 0 Å². The zero-order valence-electron chi connectivity index (χ0n) is 35.0. The topological polar surface area (TPSA) is 77.6 Å². The summed E-state index contributed by atoms with van der Waals surface area (Å²) in [6.45, 7) is 0. The van der Waals surface area contributed by atoms with Crippen molar-refractivity contribution < 1.29 is 4.42 Å². The van der Waals surface area contributed by atoms with Crippen LogP contribution in [0.25, 0.3) is 123 Å². The molecular formula is C59H37N5O. The van der Waals surface area contributed by atoms with Crippen LogP contribution in [0.15, 0.2) is 229 Å². The van der Waals surface area contributed by atoms with Gasteiger partial charge in [-0.05, 0) is 75.5 Å². The van der Waals surface area contributed by atoms with E-state index in [9.17, 15) is 0 Å². The first-order chi connectivity index (χ1) is 32.2. The third-order valence-electron chi connectivity index (χ3n) is 11.9. The molecule has 0 saturated carbocycles. The lowest BCUT2D eigenvalue weighted by Crippen LogP contribution is -2.00. The van der Waals surface area contributed by atoms with Gasteiger partial charge in [-0.3, -0.25) is 0 Å². The summed E-state index contributed by atoms with van der Waals surface area (Å²) in [7, 11) is 0. The summed E-state index contributed by atoms with van der Waals surface area (Å²) in [5.74, 6) is 2.44. The molecule has 65 heavy (non-hydrogen) atoms. The molecule has 6 nitrogen and oxygen atoms in total. The van der Waals surface area contributed by atoms with E-state index in [1.165, 1.54) is 5.56 Å². The number of benzene rings is 9. The van der Waals surface area contributed by atoms with E-state index in [0.717, 1.165) is 94.2 Å². The van der Waals surface area contributed by atoms with Gasteiger partial charge in [-0.2, -0.15) is 0 Å². The molecule has 0 amide bonds. The van der Waals surface area contributed by atoms with Gasteiger partial charge in [0.15, 0.2) is 23.3 Å². The fraction of sp³-hybridized carbons (Fsp3) is 0. The van der Waals surface area contributed by atoms with E-state index in [4.69, 9.17) is 29.3 Å². The minimum absolute atomic E-state index is 0.584. The third kappa shape index (κ3) is 7.29. The molecule has 304 valence electrons. The Morgan fingerprint density at radius 2 is 0.692 bits per heavy atom. The Morgan fingerprint density at radius 3 is 1.37 bits per heavy atom. The van der Waals surface area contributed by atoms with Gasteiger partial charge in [-0.1, -0.05) is 182 Å². The van der Waals surface area contributed by atoms with Crippen LogP contribution in [0.5, 0.6) is 0 Å². The molecule has 0 unspecified atom stereocenters. The maximum atomic E-state index is 6.34. The van der Waals surface area contributed by atoms with Gasteiger partial charge < -0.3 is 4.42 Å². The van der Waals surface area contributed by atoms with Crippen molar-refractivity contribution in [1.82, 2.24) is 24.9 Å². The fourth-order valence-corrected chi connectivity index (χ4v) is 8.66. The van der Waals surface area contributed by atoms with E-state index >= 15 is 0 Å². The van der Waals surface area contributed by atoms with Crippen LogP contribution in [-0.4, -0.2) is 24.9 Å². The molecule has 0 spiro atoms. The molecule has 0 aliphatic rings. The molecule has 0 radical (unpaired) electrons. The number of nitrogens with zero attached hydrogens (tertiary/aromatic N) is 5. The number of hydrogen-bond donors (Lipinski definition) is 0. The van der Waals surface area contributed by atoms with E-state index in [1.807, 2.05) is 72.8 Å². The third-order valence-corrected chi connectivity index (χ3v) is 11.9. The van der Waals surface area contributed by atoms with E-state index in [0.29, 0.717) is 23.3 Å². The summed E-state index contributed by atoms with van der Waals surface area (Å²) in [6, 6.07) is 77.0. The number of furan rings is 1. The number of rotatable bonds is 8. The molecule has 0 atom stereocenters. The zero-order valence-corrected chi connectivity index (χ0v) is 35.0. The molecule has 0 bridgehead atoms. The lowest BCUT2D eigenvalue weighted by atomic mass is 9.98. The Bertz CT molecular complexity index is 3700. The second-order valence-corrected chi connectivity index (χ2v) is 16.1. The Balaban J connectivity index is 0.937. The minimum atomic E-state index is 0.584. The summed E-state index contributed by atoms with van der Waals surface area (Å²) < 4.78 is 6.34. The van der Waals surface area contributed by atoms with Crippen molar-refractivity contribution in [3.05, 3.63) is 224 Å². The lowest BCUT2D eigenvalue weighted by Gasteiger charge is -2.12. The Kier molecular flexibility index (Phi) is 9.38. The molecule has 0 N–H and O–H groups in total. The average molecular weight is 832 g/mol. The average Bonchev–Trinajstić information content (AvgIpc) is 3.78. The summed E-state index contributed by atoms with van der Waals surface area (Å²) >= 11 is 0. The molecular weight excluding hydrogens is 795 g/mol. The molecule has 12 rings (SSSR count). The highest BCUT2D eigenvalue weighted by Crippen LogP contribution is 2.38. The molecule has 6 heteroatoms. The van der Waals surface area contributed by atoms with Gasteiger partial charge in [0.2, 0.25) is 0 Å². The van der Waals surface area contributed by atoms with Gasteiger partial charge >= 0.3 is 0 Å². The van der Waals surface area contributed by atoms with Crippen LogP contribution in [0, 0.1) is 0 Å². The minimum Gasteiger partial charge on any atom is -0.456 e. The SMILES string of the molecule is c1ccc(-c2ccc(-c3cc(-c4cccc(-c5cccc(-c6nc(-c7ccccc7)nc(-c7ccc8oc9ccc%10ccccc%10c9c8c7)n6)c5)c4)nc(-c4ccccc4)n3)cc2)cc1. The maximum absolute atomic E-state index is 6.34. The quantitative estimate of drug-likeness (QED) is 0.152. The summed E-state index contributed by atoms with van der Waals surface area (Å²) in [6.07, 6.45) is 0. The monoisotopic (exact) mass is 831 g/mol. The second-order valence-electron chi connectivity index (χ2n) is 16.1. The largest absolute Gasteiger partial charge is 0.456 e. The standard InChI is InChI=1S/C59H37N5O/c1-4-14-38(15-5-1)39-26-28-41(29-27-39)51-37-52(61-56(60-51)42-17-6-2-7-18-42)46-23-12-21-44(34-46)45-22-13-24-47(35-45)58-62-57(43-19-8-3-9-20-43)63-59(64-58)48-31-32-53-50(36-48)55-49-25-11-10-16-40(49)30-33-54(55)65-53/h1-37H. The van der Waals surface area contributed by atoms with E-state index < -0.39 is 0 Å². The predicted octanol–water partition coefficient (Wildman–Crippen LogP) is 15.1. The first-order valence-corrected chi connectivity index (χ1v) is 21.6. The first-order valence-electron chi connectivity index (χ1n) is 21.6. The highest BCUT2D eigenvalue weighted by atomic mass is 16.3. The number of fused-ring (bicyclic) bond motifs is 5. The maximum Gasteiger partial charge on any atom is 0.164 e. The fourth-order valence-electron chi connectivity index (χ4n) is 8.66. The van der Waals surface area contributed by atoms with Crippen LogP contribution in [0.2, 0.25) is 0 Å². The van der Waals surface area contributed by atoms with Gasteiger partial charge in [-0.25, -0.2) is 24.9 Å². The van der Waals surface area contributed by atoms with Crippen molar-refractivity contribution in [3.63, 3.8) is 0 Å². The van der Waals surface area contributed by atoms with Crippen molar-refractivity contribution in [1.29, 1.82) is 0 Å². The van der Waals surface area contributed by atoms with Gasteiger partial charge in [0.25, 0.3) is 0 Å². The molecule has 0 fully saturated rings. The van der Waals surface area contributed by atoms with Gasteiger partial charge in [-0.15, -0.1) is 0 Å². The van der Waals surface area contributed by atoms with Crippen LogP contribution in [0.4, 0.5) is 0 Å². The van der Waals surface area contributed by atoms with Gasteiger partial charge in [0.1, 0.15) is 11.2 Å². The summed E-state index contributed by atoms with van der Waals surface area (Å²) in [4.78, 5) is 25.5. The number of aromatic nitrogens is 5. The molecule has 0 aliphatic heterocycles. The second kappa shape index (κ2) is 16.1. The highest BCUT2D eigenvalue weighted by Gasteiger charge is 2.17. The molecule has 0 saturated heterocycles. The van der Waals surface area contributed by atoms with E-state index in [1.54, 1.807) is 0 Å². The van der Waals surface area contributed by atoms with Crippen LogP contribution in [0.1, 0.15) is 0 Å². The first kappa shape index (κ1) is 37.9. The van der Waals surface area contributed by atoms with Crippen molar-refractivity contribution >= 4 is 32.7 Å². The summed E-state index contributed by atoms with van der Waals surface area (Å²) in [5.41, 5.74) is 13.4. The Morgan fingerprint density at radius 1 is 0.246 bits per heavy atom. The van der Waals surface area contributed by atoms with Gasteiger partial charge in [0.05, 0.1) is 11.4 Å². The normalized spacial score (nSPS) is 11.4.